The lowest BCUT2D eigenvalue weighted by Crippen LogP contribution is -2.52. The smallest absolute Gasteiger partial charge is 0.365 e. The lowest BCUT2D eigenvalue weighted by molar-refractivity contribution is -0.169. The molecular formula is C35H44NO6PS. The number of aromatic nitrogens is 1. The number of benzene rings is 2. The summed E-state index contributed by atoms with van der Waals surface area (Å²) in [6.45, 7) is 5.42. The number of methoxy groups -OCH3 is 1. The molecule has 3 atom stereocenters. The van der Waals surface area contributed by atoms with Gasteiger partial charge in [0.15, 0.2) is 5.60 Å². The van der Waals surface area contributed by atoms with Crippen molar-refractivity contribution in [1.29, 1.82) is 0 Å². The first-order valence-electron chi connectivity index (χ1n) is 15.4. The van der Waals surface area contributed by atoms with Crippen LogP contribution in [0.4, 0.5) is 0 Å². The third kappa shape index (κ3) is 7.49. The summed E-state index contributed by atoms with van der Waals surface area (Å²) in [7, 11) is -2.36. The van der Waals surface area contributed by atoms with E-state index in [1.54, 1.807) is 45.2 Å². The van der Waals surface area contributed by atoms with Gasteiger partial charge in [-0.1, -0.05) is 97.5 Å². The summed E-state index contributed by atoms with van der Waals surface area (Å²) in [6, 6.07) is 26.5. The highest BCUT2D eigenvalue weighted by Crippen LogP contribution is 2.60. The lowest BCUT2D eigenvalue weighted by Gasteiger charge is -2.37. The van der Waals surface area contributed by atoms with Gasteiger partial charge in [-0.3, -0.25) is 4.57 Å². The Morgan fingerprint density at radius 1 is 1.00 bits per heavy atom. The van der Waals surface area contributed by atoms with Crippen LogP contribution in [-0.2, 0) is 28.6 Å². The topological polar surface area (TPSA) is 76.0 Å². The molecule has 0 radical (unpaired) electrons. The van der Waals surface area contributed by atoms with Crippen LogP contribution in [0, 0.1) is 10.6 Å². The van der Waals surface area contributed by atoms with E-state index < -0.39 is 24.8 Å². The first-order chi connectivity index (χ1) is 21.2. The summed E-state index contributed by atoms with van der Waals surface area (Å²) in [5, 5.41) is 0. The van der Waals surface area contributed by atoms with E-state index in [9.17, 15) is 9.36 Å². The molecule has 236 valence electrons. The zero-order valence-corrected chi connectivity index (χ0v) is 27.8. The zero-order chi connectivity index (χ0) is 31.6. The second-order valence-corrected chi connectivity index (χ2v) is 13.8. The van der Waals surface area contributed by atoms with Crippen LogP contribution in [-0.4, -0.2) is 42.3 Å². The first-order valence-corrected chi connectivity index (χ1v) is 17.4. The molecule has 3 aromatic rings. The highest BCUT2D eigenvalue weighted by Gasteiger charge is 2.55. The van der Waals surface area contributed by atoms with Crippen LogP contribution in [0.1, 0.15) is 64.0 Å². The van der Waals surface area contributed by atoms with E-state index in [2.05, 4.69) is 72.8 Å². The Hall–Kier alpha value is -2.87. The molecule has 0 N–H and O–H groups in total. The van der Waals surface area contributed by atoms with Crippen LogP contribution in [0.25, 0.3) is 0 Å². The van der Waals surface area contributed by atoms with Crippen LogP contribution >= 0.6 is 19.8 Å². The van der Waals surface area contributed by atoms with Crippen LogP contribution in [0.15, 0.2) is 97.2 Å². The largest absolute Gasteiger partial charge is 0.366 e. The Balaban J connectivity index is 1.45. The Morgan fingerprint density at radius 3 is 2.14 bits per heavy atom. The summed E-state index contributed by atoms with van der Waals surface area (Å²) in [4.78, 5) is 19.2. The molecule has 0 amide bonds. The minimum absolute atomic E-state index is 0.00797. The second-order valence-electron chi connectivity index (χ2n) is 11.2. The van der Waals surface area contributed by atoms with Crippen molar-refractivity contribution >= 4 is 25.8 Å². The second kappa shape index (κ2) is 15.4. The highest BCUT2D eigenvalue weighted by atomic mass is 32.1. The summed E-state index contributed by atoms with van der Waals surface area (Å²) in [5.74, 6) is -0.300. The van der Waals surface area contributed by atoms with Crippen molar-refractivity contribution in [3.63, 3.8) is 0 Å². The van der Waals surface area contributed by atoms with Crippen LogP contribution in [0.3, 0.4) is 0 Å². The average molecular weight is 638 g/mol. The van der Waals surface area contributed by atoms with Gasteiger partial charge in [-0.15, -0.1) is 0 Å². The summed E-state index contributed by atoms with van der Waals surface area (Å²) in [6.07, 6.45) is 9.96. The Bertz CT molecular complexity index is 1440. The fourth-order valence-corrected chi connectivity index (χ4v) is 8.66. The number of rotatable bonds is 17. The van der Waals surface area contributed by atoms with Gasteiger partial charge in [-0.05, 0) is 75.6 Å². The SMILES string of the molecule is CCOP(=O)(OCC)C(CCCC/C=C/C1CC1(c1ccccc1)c1ccccc1)C(C)(OC)C(=O)On1ccccc1=S. The monoisotopic (exact) mass is 637 g/mol. The van der Waals surface area contributed by atoms with Crippen molar-refractivity contribution in [2.45, 2.75) is 69.6 Å². The molecule has 1 heterocycles. The summed E-state index contributed by atoms with van der Waals surface area (Å²) in [5.41, 5.74) is 0.192. The van der Waals surface area contributed by atoms with Crippen molar-refractivity contribution in [2.75, 3.05) is 20.3 Å². The maximum absolute atomic E-state index is 14.1. The molecule has 7 nitrogen and oxygen atoms in total. The van der Waals surface area contributed by atoms with Crippen molar-refractivity contribution in [1.82, 2.24) is 4.73 Å². The number of hydrogen-bond donors (Lipinski definition) is 0. The predicted octanol–water partition coefficient (Wildman–Crippen LogP) is 8.34. The maximum atomic E-state index is 14.1. The molecule has 1 aromatic heterocycles. The van der Waals surface area contributed by atoms with Gasteiger partial charge in [0.05, 0.1) is 13.2 Å². The van der Waals surface area contributed by atoms with Gasteiger partial charge in [0.2, 0.25) is 0 Å². The number of nitrogens with zero attached hydrogens (tertiary/aromatic N) is 1. The van der Waals surface area contributed by atoms with Gasteiger partial charge in [0, 0.05) is 18.7 Å². The average Bonchev–Trinajstić information content (AvgIpc) is 3.77. The minimum Gasteiger partial charge on any atom is -0.366 e. The quantitative estimate of drug-likeness (QED) is 0.0638. The molecule has 0 aliphatic heterocycles. The number of hydrogen-bond acceptors (Lipinski definition) is 7. The van der Waals surface area contributed by atoms with E-state index in [-0.39, 0.29) is 18.6 Å². The number of allylic oxidation sites excluding steroid dienone is 2. The standard InChI is InChI=1S/C35H44NO6PS/c1-5-40-43(38,41-6-2)31(34(3,39-4)33(37)42-36-26-18-17-25-32(36)44)24-16-8-7-11-23-30-27-35(30,28-19-12-9-13-20-28)29-21-14-10-15-22-29/h9-15,17-23,25-26,30-31H,5-8,16,24,27H2,1-4H3/b23-11+. The van der Waals surface area contributed by atoms with E-state index in [0.29, 0.717) is 23.4 Å². The molecule has 0 spiro atoms. The fourth-order valence-electron chi connectivity index (χ4n) is 6.02. The molecule has 9 heteroatoms. The van der Waals surface area contributed by atoms with Crippen molar-refractivity contribution < 1.29 is 28.0 Å². The van der Waals surface area contributed by atoms with Crippen molar-refractivity contribution in [3.8, 4) is 0 Å². The van der Waals surface area contributed by atoms with E-state index in [1.807, 2.05) is 0 Å². The minimum atomic E-state index is -3.76. The lowest BCUT2D eigenvalue weighted by atomic mass is 9.85. The van der Waals surface area contributed by atoms with Gasteiger partial charge in [-0.25, -0.2) is 4.79 Å². The van der Waals surface area contributed by atoms with E-state index in [0.717, 1.165) is 19.3 Å². The molecule has 0 saturated heterocycles. The van der Waals surface area contributed by atoms with Crippen LogP contribution < -0.4 is 4.84 Å². The third-order valence-corrected chi connectivity index (χ3v) is 11.6. The predicted molar refractivity (Wildman–Crippen MR) is 176 cm³/mol. The molecule has 4 rings (SSSR count). The summed E-state index contributed by atoms with van der Waals surface area (Å²) >= 11 is 5.29. The van der Waals surface area contributed by atoms with Gasteiger partial charge in [0.1, 0.15) is 10.3 Å². The van der Waals surface area contributed by atoms with Gasteiger partial charge < -0.3 is 18.6 Å². The number of pyridine rings is 1. The maximum Gasteiger partial charge on any atom is 0.365 e. The van der Waals surface area contributed by atoms with Crippen molar-refractivity contribution in [2.24, 2.45) is 5.92 Å². The summed E-state index contributed by atoms with van der Waals surface area (Å²) < 4.78 is 32.9. The molecule has 1 aliphatic carbocycles. The number of carbonyl (C=O) groups excluding carboxylic acids is 1. The van der Waals surface area contributed by atoms with Crippen molar-refractivity contribution in [3.05, 3.63) is 113 Å². The third-order valence-electron chi connectivity index (χ3n) is 8.49. The molecule has 0 bridgehead atoms. The van der Waals surface area contributed by atoms with E-state index in [1.165, 1.54) is 23.0 Å². The van der Waals surface area contributed by atoms with E-state index in [4.69, 9.17) is 30.8 Å². The fraction of sp³-hybridized carbons (Fsp3) is 0.429. The first kappa shape index (κ1) is 34.0. The number of carbonyl (C=O) groups is 1. The molecule has 44 heavy (non-hydrogen) atoms. The highest BCUT2D eigenvalue weighted by molar-refractivity contribution is 7.71. The van der Waals surface area contributed by atoms with Crippen LogP contribution in [0.5, 0.6) is 0 Å². The van der Waals surface area contributed by atoms with Gasteiger partial charge >= 0.3 is 13.6 Å². The molecule has 1 saturated carbocycles. The number of unbranched alkanes of at least 4 members (excludes halogenated alkanes) is 2. The van der Waals surface area contributed by atoms with Gasteiger partial charge in [0.25, 0.3) is 0 Å². The molecule has 2 aromatic carbocycles. The Labute approximate surface area is 266 Å². The zero-order valence-electron chi connectivity index (χ0n) is 26.1. The molecule has 3 unspecified atom stereocenters. The van der Waals surface area contributed by atoms with Crippen LogP contribution in [0.2, 0.25) is 0 Å². The van der Waals surface area contributed by atoms with Gasteiger partial charge in [-0.2, -0.15) is 4.73 Å². The Kier molecular flexibility index (Phi) is 11.9. The molecule has 1 aliphatic rings. The number of ether oxygens (including phenoxy) is 1. The Morgan fingerprint density at radius 2 is 1.59 bits per heavy atom. The van der Waals surface area contributed by atoms with E-state index >= 15 is 0 Å². The molecular weight excluding hydrogens is 593 g/mol. The normalized spacial score (nSPS) is 18.0. The molecule has 1 fully saturated rings.